The van der Waals surface area contributed by atoms with E-state index >= 15 is 0 Å². The smallest absolute Gasteiger partial charge is 0.241 e. The summed E-state index contributed by atoms with van der Waals surface area (Å²) in [6, 6.07) is 3.67. The number of hydrogen-bond donors (Lipinski definition) is 2. The Labute approximate surface area is 127 Å². The zero-order valence-corrected chi connectivity index (χ0v) is 14.1. The van der Waals surface area contributed by atoms with E-state index in [2.05, 4.69) is 10.0 Å². The highest BCUT2D eigenvalue weighted by atomic mass is 32.2. The number of carbonyl (C=O) groups excluding carboxylic acids is 1. The van der Waals surface area contributed by atoms with Gasteiger partial charge < -0.3 is 5.32 Å². The number of benzene rings is 1. The van der Waals surface area contributed by atoms with Crippen LogP contribution in [0.15, 0.2) is 17.0 Å². The molecule has 0 bridgehead atoms. The second kappa shape index (κ2) is 7.04. The lowest BCUT2D eigenvalue weighted by atomic mass is 10.1. The molecule has 1 atom stereocenters. The molecule has 0 aliphatic carbocycles. The molecule has 0 fully saturated rings. The number of amides is 1. The van der Waals surface area contributed by atoms with Gasteiger partial charge in [-0.25, -0.2) is 13.1 Å². The first-order valence-corrected chi connectivity index (χ1v) is 8.52. The van der Waals surface area contributed by atoms with E-state index in [0.29, 0.717) is 11.1 Å². The summed E-state index contributed by atoms with van der Waals surface area (Å²) in [5, 5.41) is 2.73. The van der Waals surface area contributed by atoms with Crippen molar-refractivity contribution in [2.75, 3.05) is 6.54 Å². The van der Waals surface area contributed by atoms with Crippen LogP contribution in [0.4, 0.5) is 0 Å². The van der Waals surface area contributed by atoms with Gasteiger partial charge in [-0.3, -0.25) is 4.79 Å². The number of rotatable bonds is 6. The number of carbonyl (C=O) groups is 1. The van der Waals surface area contributed by atoms with Gasteiger partial charge in [-0.1, -0.05) is 24.6 Å². The minimum absolute atomic E-state index is 0.0323. The highest BCUT2D eigenvalue weighted by molar-refractivity contribution is 7.89. The van der Waals surface area contributed by atoms with Crippen LogP contribution in [0.5, 0.6) is 0 Å². The number of aryl methyl sites for hydroxylation is 3. The zero-order chi connectivity index (χ0) is 16.2. The minimum Gasteiger partial charge on any atom is -0.353 e. The largest absolute Gasteiger partial charge is 0.353 e. The first kappa shape index (κ1) is 17.7. The summed E-state index contributed by atoms with van der Waals surface area (Å²) in [6.45, 7) is 9.01. The van der Waals surface area contributed by atoms with Gasteiger partial charge in [0.1, 0.15) is 0 Å². The molecule has 1 aromatic carbocycles. The molecule has 0 aliphatic heterocycles. The molecule has 0 saturated carbocycles. The molecule has 0 aliphatic rings. The van der Waals surface area contributed by atoms with Gasteiger partial charge in [0.2, 0.25) is 15.9 Å². The fourth-order valence-corrected chi connectivity index (χ4v) is 3.68. The lowest BCUT2D eigenvalue weighted by molar-refractivity contribution is -0.120. The van der Waals surface area contributed by atoms with E-state index in [-0.39, 0.29) is 23.4 Å². The van der Waals surface area contributed by atoms with Crippen molar-refractivity contribution < 1.29 is 13.2 Å². The molecule has 0 aromatic heterocycles. The Balaban J connectivity index is 2.86. The molecule has 0 radical (unpaired) electrons. The van der Waals surface area contributed by atoms with Crippen molar-refractivity contribution in [2.24, 2.45) is 0 Å². The molecule has 5 nitrogen and oxygen atoms in total. The van der Waals surface area contributed by atoms with Crippen molar-refractivity contribution in [1.29, 1.82) is 0 Å². The Kier molecular flexibility index (Phi) is 5.92. The molecule has 2 N–H and O–H groups in total. The van der Waals surface area contributed by atoms with Gasteiger partial charge in [0.25, 0.3) is 0 Å². The average Bonchev–Trinajstić information content (AvgIpc) is 2.34. The Morgan fingerprint density at radius 2 is 1.71 bits per heavy atom. The van der Waals surface area contributed by atoms with E-state index in [0.717, 1.165) is 12.0 Å². The summed E-state index contributed by atoms with van der Waals surface area (Å²) in [6.07, 6.45) is 0.800. The van der Waals surface area contributed by atoms with Crippen LogP contribution in [0.2, 0.25) is 0 Å². The lowest BCUT2D eigenvalue weighted by Gasteiger charge is -2.14. The first-order valence-electron chi connectivity index (χ1n) is 7.04. The van der Waals surface area contributed by atoms with Crippen LogP contribution in [-0.2, 0) is 14.8 Å². The summed E-state index contributed by atoms with van der Waals surface area (Å²) in [4.78, 5) is 11.9. The van der Waals surface area contributed by atoms with E-state index < -0.39 is 10.0 Å². The van der Waals surface area contributed by atoms with Crippen LogP contribution in [0.1, 0.15) is 37.0 Å². The SMILES string of the molecule is CC[C@H](C)NC(=O)CNS(=O)(=O)c1c(C)cc(C)cc1C. The Hall–Kier alpha value is -1.40. The molecule has 1 amide bonds. The van der Waals surface area contributed by atoms with Gasteiger partial charge in [-0.05, 0) is 45.2 Å². The Morgan fingerprint density at radius 1 is 1.19 bits per heavy atom. The Bertz CT molecular complexity index is 601. The van der Waals surface area contributed by atoms with Crippen molar-refractivity contribution in [2.45, 2.75) is 52.0 Å². The zero-order valence-electron chi connectivity index (χ0n) is 13.3. The van der Waals surface area contributed by atoms with E-state index in [9.17, 15) is 13.2 Å². The highest BCUT2D eigenvalue weighted by Gasteiger charge is 2.20. The van der Waals surface area contributed by atoms with E-state index in [1.54, 1.807) is 13.8 Å². The van der Waals surface area contributed by atoms with E-state index in [1.807, 2.05) is 32.9 Å². The molecule has 1 rings (SSSR count). The maximum Gasteiger partial charge on any atom is 0.241 e. The maximum atomic E-state index is 12.4. The van der Waals surface area contributed by atoms with E-state index in [1.165, 1.54) is 0 Å². The van der Waals surface area contributed by atoms with Crippen molar-refractivity contribution >= 4 is 15.9 Å². The topological polar surface area (TPSA) is 75.3 Å². The number of hydrogen-bond acceptors (Lipinski definition) is 3. The number of sulfonamides is 1. The summed E-state index contributed by atoms with van der Waals surface area (Å²) >= 11 is 0. The van der Waals surface area contributed by atoms with Gasteiger partial charge >= 0.3 is 0 Å². The van der Waals surface area contributed by atoms with Crippen molar-refractivity contribution in [3.63, 3.8) is 0 Å². The molecule has 0 spiro atoms. The van der Waals surface area contributed by atoms with Crippen molar-refractivity contribution in [3.05, 3.63) is 28.8 Å². The van der Waals surface area contributed by atoms with Crippen molar-refractivity contribution in [1.82, 2.24) is 10.0 Å². The van der Waals surface area contributed by atoms with Crippen LogP contribution in [0, 0.1) is 20.8 Å². The standard InChI is InChI=1S/C15H24N2O3S/c1-6-13(5)17-14(18)9-16-21(19,20)15-11(3)7-10(2)8-12(15)4/h7-8,13,16H,6,9H2,1-5H3,(H,17,18)/t13-/m0/s1. The third kappa shape index (κ3) is 4.82. The molecular formula is C15H24N2O3S. The third-order valence-corrected chi connectivity index (χ3v) is 5.02. The quantitative estimate of drug-likeness (QED) is 0.841. The maximum absolute atomic E-state index is 12.4. The van der Waals surface area contributed by atoms with Crippen LogP contribution in [-0.4, -0.2) is 26.9 Å². The van der Waals surface area contributed by atoms with Gasteiger partial charge in [0.15, 0.2) is 0 Å². The Morgan fingerprint density at radius 3 is 2.19 bits per heavy atom. The predicted octanol–water partition coefficient (Wildman–Crippen LogP) is 1.80. The average molecular weight is 312 g/mol. The molecule has 0 heterocycles. The van der Waals surface area contributed by atoms with Crippen LogP contribution in [0.3, 0.4) is 0 Å². The fraction of sp³-hybridized carbons (Fsp3) is 0.533. The fourth-order valence-electron chi connectivity index (χ4n) is 2.25. The molecule has 6 heteroatoms. The highest BCUT2D eigenvalue weighted by Crippen LogP contribution is 2.21. The second-order valence-electron chi connectivity index (χ2n) is 5.43. The molecule has 1 aromatic rings. The molecule has 118 valence electrons. The van der Waals surface area contributed by atoms with Crippen LogP contribution in [0.25, 0.3) is 0 Å². The summed E-state index contributed by atoms with van der Waals surface area (Å²) in [5.74, 6) is -0.324. The van der Waals surface area contributed by atoms with Gasteiger partial charge in [-0.2, -0.15) is 0 Å². The third-order valence-electron chi connectivity index (χ3n) is 3.32. The lowest BCUT2D eigenvalue weighted by Crippen LogP contribution is -2.40. The molecular weight excluding hydrogens is 288 g/mol. The number of nitrogens with one attached hydrogen (secondary N) is 2. The summed E-state index contributed by atoms with van der Waals surface area (Å²) < 4.78 is 27.1. The van der Waals surface area contributed by atoms with E-state index in [4.69, 9.17) is 0 Å². The predicted molar refractivity (Wildman–Crippen MR) is 83.7 cm³/mol. The normalized spacial score (nSPS) is 13.0. The van der Waals surface area contributed by atoms with Crippen LogP contribution < -0.4 is 10.0 Å². The second-order valence-corrected chi connectivity index (χ2v) is 7.13. The van der Waals surface area contributed by atoms with Crippen molar-refractivity contribution in [3.8, 4) is 0 Å². The monoisotopic (exact) mass is 312 g/mol. The summed E-state index contributed by atoms with van der Waals surface area (Å²) in [7, 11) is -3.69. The molecule has 0 unspecified atom stereocenters. The van der Waals surface area contributed by atoms with Gasteiger partial charge in [-0.15, -0.1) is 0 Å². The minimum atomic E-state index is -3.69. The first-order chi connectivity index (χ1) is 9.67. The van der Waals surface area contributed by atoms with Crippen LogP contribution >= 0.6 is 0 Å². The molecule has 0 saturated heterocycles. The van der Waals surface area contributed by atoms with Gasteiger partial charge in [0.05, 0.1) is 11.4 Å². The summed E-state index contributed by atoms with van der Waals surface area (Å²) in [5.41, 5.74) is 2.38. The molecule has 21 heavy (non-hydrogen) atoms. The van der Waals surface area contributed by atoms with Gasteiger partial charge in [0, 0.05) is 6.04 Å².